The van der Waals surface area contributed by atoms with E-state index in [0.717, 1.165) is 29.5 Å². The lowest BCUT2D eigenvalue weighted by Gasteiger charge is -2.15. The van der Waals surface area contributed by atoms with Crippen molar-refractivity contribution in [3.8, 4) is 0 Å². The van der Waals surface area contributed by atoms with Crippen LogP contribution < -0.4 is 5.32 Å². The van der Waals surface area contributed by atoms with E-state index in [2.05, 4.69) is 12.2 Å². The lowest BCUT2D eigenvalue weighted by atomic mass is 9.93. The number of aromatic nitrogens is 1. The zero-order valence-electron chi connectivity index (χ0n) is 12.4. The van der Waals surface area contributed by atoms with Gasteiger partial charge in [0.05, 0.1) is 18.3 Å². The molecule has 3 rings (SSSR count). The SMILES string of the molecule is CC1CCc2nc(CNC(CO)c3ccccc3)sc2C1. The maximum atomic E-state index is 9.57. The Kier molecular flexibility index (Phi) is 4.68. The Bertz CT molecular complexity index is 582. The van der Waals surface area contributed by atoms with Crippen LogP contribution in [0.1, 0.15) is 40.5 Å². The molecule has 0 fully saturated rings. The molecular formula is C17H22N2OS. The van der Waals surface area contributed by atoms with Gasteiger partial charge in [-0.15, -0.1) is 11.3 Å². The number of aryl methyl sites for hydroxylation is 1. The van der Waals surface area contributed by atoms with Crippen LogP contribution >= 0.6 is 11.3 Å². The van der Waals surface area contributed by atoms with Crippen LogP contribution in [-0.4, -0.2) is 16.7 Å². The summed E-state index contributed by atoms with van der Waals surface area (Å²) in [5.74, 6) is 0.785. The van der Waals surface area contributed by atoms with Crippen LogP contribution in [0.3, 0.4) is 0 Å². The molecule has 0 spiro atoms. The van der Waals surface area contributed by atoms with Crippen molar-refractivity contribution < 1.29 is 5.11 Å². The molecule has 0 saturated heterocycles. The number of thiazole rings is 1. The van der Waals surface area contributed by atoms with Crippen molar-refractivity contribution in [2.75, 3.05) is 6.61 Å². The van der Waals surface area contributed by atoms with Gasteiger partial charge in [0.2, 0.25) is 0 Å². The number of aliphatic hydroxyl groups excluding tert-OH is 1. The molecule has 1 aliphatic carbocycles. The first kappa shape index (κ1) is 14.7. The molecule has 2 atom stereocenters. The summed E-state index contributed by atoms with van der Waals surface area (Å²) in [6.07, 6.45) is 3.55. The molecule has 21 heavy (non-hydrogen) atoms. The van der Waals surface area contributed by atoms with Crippen molar-refractivity contribution in [2.24, 2.45) is 5.92 Å². The summed E-state index contributed by atoms with van der Waals surface area (Å²) >= 11 is 1.83. The Balaban J connectivity index is 1.64. The van der Waals surface area contributed by atoms with Gasteiger partial charge in [-0.25, -0.2) is 4.98 Å². The van der Waals surface area contributed by atoms with Crippen molar-refractivity contribution in [3.63, 3.8) is 0 Å². The van der Waals surface area contributed by atoms with E-state index in [0.29, 0.717) is 0 Å². The van der Waals surface area contributed by atoms with E-state index in [1.165, 1.54) is 23.4 Å². The summed E-state index contributed by atoms with van der Waals surface area (Å²) in [6.45, 7) is 3.15. The monoisotopic (exact) mass is 302 g/mol. The molecule has 112 valence electrons. The van der Waals surface area contributed by atoms with Gasteiger partial charge >= 0.3 is 0 Å². The highest BCUT2D eigenvalue weighted by Gasteiger charge is 2.20. The fourth-order valence-electron chi connectivity index (χ4n) is 2.85. The molecule has 3 nitrogen and oxygen atoms in total. The molecule has 1 aromatic heterocycles. The summed E-state index contributed by atoms with van der Waals surface area (Å²) in [5.41, 5.74) is 2.42. The second kappa shape index (κ2) is 6.69. The largest absolute Gasteiger partial charge is 0.394 e. The first-order chi connectivity index (χ1) is 10.3. The van der Waals surface area contributed by atoms with E-state index in [9.17, 15) is 5.11 Å². The fraction of sp³-hybridized carbons (Fsp3) is 0.471. The Morgan fingerprint density at radius 1 is 1.38 bits per heavy atom. The number of hydrogen-bond acceptors (Lipinski definition) is 4. The van der Waals surface area contributed by atoms with Gasteiger partial charge in [0.25, 0.3) is 0 Å². The lowest BCUT2D eigenvalue weighted by molar-refractivity contribution is 0.243. The third-order valence-electron chi connectivity index (χ3n) is 4.11. The molecular weight excluding hydrogens is 280 g/mol. The molecule has 0 bridgehead atoms. The Hall–Kier alpha value is -1.23. The van der Waals surface area contributed by atoms with Crippen molar-refractivity contribution in [1.29, 1.82) is 0 Å². The standard InChI is InChI=1S/C17H22N2OS/c1-12-7-8-14-16(9-12)21-17(19-14)10-18-15(11-20)13-5-3-2-4-6-13/h2-6,12,15,18,20H,7-11H2,1H3. The maximum Gasteiger partial charge on any atom is 0.107 e. The minimum Gasteiger partial charge on any atom is -0.394 e. The summed E-state index contributed by atoms with van der Waals surface area (Å²) in [6, 6.07) is 10.1. The van der Waals surface area contributed by atoms with Crippen LogP contribution in [0.4, 0.5) is 0 Å². The predicted octanol–water partition coefficient (Wildman–Crippen LogP) is 3.09. The highest BCUT2D eigenvalue weighted by molar-refractivity contribution is 7.11. The van der Waals surface area contributed by atoms with E-state index in [1.54, 1.807) is 0 Å². The molecule has 2 unspecified atom stereocenters. The quantitative estimate of drug-likeness (QED) is 0.892. The third kappa shape index (κ3) is 3.51. The Labute approximate surface area is 130 Å². The van der Waals surface area contributed by atoms with Gasteiger partial charge in [0, 0.05) is 11.4 Å². The molecule has 1 aromatic carbocycles. The van der Waals surface area contributed by atoms with E-state index in [1.807, 2.05) is 41.7 Å². The lowest BCUT2D eigenvalue weighted by Crippen LogP contribution is -2.23. The van der Waals surface area contributed by atoms with Crippen LogP contribution in [0.2, 0.25) is 0 Å². The molecule has 1 aliphatic rings. The number of nitrogens with one attached hydrogen (secondary N) is 1. The highest BCUT2D eigenvalue weighted by atomic mass is 32.1. The molecule has 0 radical (unpaired) electrons. The molecule has 2 N–H and O–H groups in total. The zero-order chi connectivity index (χ0) is 14.7. The number of hydrogen-bond donors (Lipinski definition) is 2. The Morgan fingerprint density at radius 2 is 2.19 bits per heavy atom. The van der Waals surface area contributed by atoms with E-state index in [-0.39, 0.29) is 12.6 Å². The number of fused-ring (bicyclic) bond motifs is 1. The molecule has 0 saturated carbocycles. The Morgan fingerprint density at radius 3 is 2.95 bits per heavy atom. The normalized spacial score (nSPS) is 19.2. The maximum absolute atomic E-state index is 9.57. The van der Waals surface area contributed by atoms with Gasteiger partial charge in [0.1, 0.15) is 5.01 Å². The molecule has 0 aliphatic heterocycles. The van der Waals surface area contributed by atoms with Crippen LogP contribution in [0.25, 0.3) is 0 Å². The van der Waals surface area contributed by atoms with Crippen molar-refractivity contribution in [3.05, 3.63) is 51.5 Å². The first-order valence-electron chi connectivity index (χ1n) is 7.63. The summed E-state index contributed by atoms with van der Waals surface area (Å²) in [7, 11) is 0. The van der Waals surface area contributed by atoms with Gasteiger partial charge in [-0.3, -0.25) is 0 Å². The van der Waals surface area contributed by atoms with Crippen LogP contribution in [-0.2, 0) is 19.4 Å². The molecule has 2 aromatic rings. The topological polar surface area (TPSA) is 45.2 Å². The van der Waals surface area contributed by atoms with Gasteiger partial charge in [-0.05, 0) is 30.7 Å². The first-order valence-corrected chi connectivity index (χ1v) is 8.44. The number of benzene rings is 1. The smallest absolute Gasteiger partial charge is 0.107 e. The summed E-state index contributed by atoms with van der Waals surface area (Å²) in [5, 5.41) is 14.1. The summed E-state index contributed by atoms with van der Waals surface area (Å²) < 4.78 is 0. The molecule has 4 heteroatoms. The fourth-order valence-corrected chi connectivity index (χ4v) is 4.08. The van der Waals surface area contributed by atoms with E-state index < -0.39 is 0 Å². The van der Waals surface area contributed by atoms with Gasteiger partial charge < -0.3 is 10.4 Å². The van der Waals surface area contributed by atoms with Gasteiger partial charge in [0.15, 0.2) is 0 Å². The highest BCUT2D eigenvalue weighted by Crippen LogP contribution is 2.29. The second-order valence-corrected chi connectivity index (χ2v) is 7.02. The predicted molar refractivity (Wildman–Crippen MR) is 86.4 cm³/mol. The summed E-state index contributed by atoms with van der Waals surface area (Å²) in [4.78, 5) is 6.22. The van der Waals surface area contributed by atoms with Crippen LogP contribution in [0, 0.1) is 5.92 Å². The van der Waals surface area contributed by atoms with Gasteiger partial charge in [-0.1, -0.05) is 37.3 Å². The number of rotatable bonds is 5. The van der Waals surface area contributed by atoms with Crippen molar-refractivity contribution in [1.82, 2.24) is 10.3 Å². The van der Waals surface area contributed by atoms with Crippen molar-refractivity contribution in [2.45, 2.75) is 38.8 Å². The number of aliphatic hydroxyl groups is 1. The van der Waals surface area contributed by atoms with E-state index >= 15 is 0 Å². The molecule has 0 amide bonds. The van der Waals surface area contributed by atoms with Crippen LogP contribution in [0.5, 0.6) is 0 Å². The zero-order valence-corrected chi connectivity index (χ0v) is 13.2. The van der Waals surface area contributed by atoms with Crippen LogP contribution in [0.15, 0.2) is 30.3 Å². The average molecular weight is 302 g/mol. The average Bonchev–Trinajstić information content (AvgIpc) is 2.91. The van der Waals surface area contributed by atoms with Gasteiger partial charge in [-0.2, -0.15) is 0 Å². The van der Waals surface area contributed by atoms with E-state index in [4.69, 9.17) is 4.98 Å². The van der Waals surface area contributed by atoms with Crippen molar-refractivity contribution >= 4 is 11.3 Å². The second-order valence-electron chi connectivity index (χ2n) is 5.85. The molecule has 1 heterocycles. The minimum atomic E-state index is -0.0222. The third-order valence-corrected chi connectivity index (χ3v) is 5.23. The number of nitrogens with zero attached hydrogens (tertiary/aromatic N) is 1. The minimum absolute atomic E-state index is 0.0222.